The lowest BCUT2D eigenvalue weighted by Gasteiger charge is -2.55. The van der Waals surface area contributed by atoms with Gasteiger partial charge in [-0.05, 0) is 43.4 Å². The number of likely N-dealkylation sites (tertiary alicyclic amines) is 1. The van der Waals surface area contributed by atoms with Crippen LogP contribution in [0.1, 0.15) is 49.5 Å². The highest BCUT2D eigenvalue weighted by Gasteiger charge is 2.48. The number of fused-ring (bicyclic) bond motifs is 2. The van der Waals surface area contributed by atoms with E-state index in [-0.39, 0.29) is 23.3 Å². The number of hydrogen-bond acceptors (Lipinski definition) is 6. The molecule has 3 aromatic heterocycles. The van der Waals surface area contributed by atoms with Crippen molar-refractivity contribution in [2.75, 3.05) is 25.5 Å². The second-order valence-electron chi connectivity index (χ2n) is 10.3. The van der Waals surface area contributed by atoms with Crippen LogP contribution in [0.3, 0.4) is 0 Å². The number of methoxy groups -OCH3 is 1. The molecule has 0 bridgehead atoms. The van der Waals surface area contributed by atoms with Gasteiger partial charge in [0.25, 0.3) is 5.91 Å². The average molecular weight is 488 g/mol. The topological polar surface area (TPSA) is 107 Å². The summed E-state index contributed by atoms with van der Waals surface area (Å²) in [6.45, 7) is 5.67. The monoisotopic (exact) mass is 487 g/mol. The normalized spacial score (nSPS) is 21.0. The molecule has 4 heterocycles. The largest absolute Gasteiger partial charge is 0.496 e. The molecule has 36 heavy (non-hydrogen) atoms. The van der Waals surface area contributed by atoms with Crippen molar-refractivity contribution < 1.29 is 14.3 Å². The molecule has 0 unspecified atom stereocenters. The molecule has 1 saturated heterocycles. The maximum Gasteiger partial charge on any atom is 0.260 e. The molecule has 186 valence electrons. The molecule has 2 amide bonds. The summed E-state index contributed by atoms with van der Waals surface area (Å²) in [4.78, 5) is 31.1. The van der Waals surface area contributed by atoms with Crippen LogP contribution in [0, 0.1) is 11.3 Å². The predicted octanol–water partition coefficient (Wildman–Crippen LogP) is 3.55. The number of ether oxygens (including phenoxy) is 1. The molecule has 2 fully saturated rings. The predicted molar refractivity (Wildman–Crippen MR) is 134 cm³/mol. The molecule has 2 atom stereocenters. The van der Waals surface area contributed by atoms with Gasteiger partial charge < -0.3 is 15.0 Å². The van der Waals surface area contributed by atoms with Crippen LogP contribution in [0.15, 0.2) is 42.9 Å². The van der Waals surface area contributed by atoms with E-state index < -0.39 is 0 Å². The second-order valence-corrected chi connectivity index (χ2v) is 10.3. The summed E-state index contributed by atoms with van der Waals surface area (Å²) >= 11 is 0. The zero-order chi connectivity index (χ0) is 25.0. The first-order chi connectivity index (χ1) is 17.4. The highest BCUT2D eigenvalue weighted by Crippen LogP contribution is 2.49. The van der Waals surface area contributed by atoms with Gasteiger partial charge in [0, 0.05) is 49.3 Å². The molecular formula is C26H29N7O3. The van der Waals surface area contributed by atoms with Crippen molar-refractivity contribution >= 4 is 34.2 Å². The van der Waals surface area contributed by atoms with Crippen molar-refractivity contribution in [2.24, 2.45) is 11.3 Å². The summed E-state index contributed by atoms with van der Waals surface area (Å²) in [6, 6.07) is 7.54. The van der Waals surface area contributed by atoms with Crippen LogP contribution in [0.5, 0.6) is 5.75 Å². The Morgan fingerprint density at radius 3 is 2.83 bits per heavy atom. The van der Waals surface area contributed by atoms with Crippen molar-refractivity contribution in [1.82, 2.24) is 29.3 Å². The maximum absolute atomic E-state index is 13.2. The Morgan fingerprint density at radius 2 is 2.08 bits per heavy atom. The first-order valence-corrected chi connectivity index (χ1v) is 12.3. The minimum Gasteiger partial charge on any atom is -0.496 e. The molecule has 4 aromatic rings. The number of imidazole rings is 1. The van der Waals surface area contributed by atoms with Crippen molar-refractivity contribution in [3.05, 3.63) is 48.4 Å². The van der Waals surface area contributed by atoms with E-state index in [2.05, 4.69) is 27.0 Å². The van der Waals surface area contributed by atoms with Crippen LogP contribution in [0.25, 0.3) is 16.6 Å². The molecule has 10 nitrogen and oxygen atoms in total. The number of anilines is 1. The number of rotatable bonds is 4. The van der Waals surface area contributed by atoms with Gasteiger partial charge in [0.1, 0.15) is 5.75 Å². The number of amides is 2. The van der Waals surface area contributed by atoms with E-state index >= 15 is 0 Å². The van der Waals surface area contributed by atoms with Crippen molar-refractivity contribution in [2.45, 2.75) is 39.2 Å². The average Bonchev–Trinajstić information content (AvgIpc) is 3.45. The summed E-state index contributed by atoms with van der Waals surface area (Å²) in [5, 5.41) is 12.9. The number of benzene rings is 1. The zero-order valence-electron chi connectivity index (χ0n) is 20.6. The second kappa shape index (κ2) is 8.32. The first kappa shape index (κ1) is 22.5. The van der Waals surface area contributed by atoms with Crippen LogP contribution in [-0.4, -0.2) is 61.3 Å². The van der Waals surface area contributed by atoms with E-state index in [4.69, 9.17) is 9.84 Å². The summed E-state index contributed by atoms with van der Waals surface area (Å²) < 4.78 is 9.19. The number of carbonyl (C=O) groups is 2. The third-order valence-corrected chi connectivity index (χ3v) is 7.83. The van der Waals surface area contributed by atoms with Gasteiger partial charge in [-0.1, -0.05) is 6.92 Å². The highest BCUT2D eigenvalue weighted by molar-refractivity contribution is 6.08. The van der Waals surface area contributed by atoms with Gasteiger partial charge in [-0.3, -0.25) is 14.3 Å². The zero-order valence-corrected chi connectivity index (χ0v) is 20.6. The smallest absolute Gasteiger partial charge is 0.260 e. The van der Waals surface area contributed by atoms with E-state index in [1.54, 1.807) is 37.0 Å². The van der Waals surface area contributed by atoms with Gasteiger partial charge in [-0.2, -0.15) is 14.7 Å². The fourth-order valence-electron chi connectivity index (χ4n) is 6.01. The van der Waals surface area contributed by atoms with Crippen molar-refractivity contribution in [3.63, 3.8) is 0 Å². The van der Waals surface area contributed by atoms with Gasteiger partial charge in [-0.15, -0.1) is 0 Å². The molecule has 0 radical (unpaired) electrons. The van der Waals surface area contributed by atoms with Crippen molar-refractivity contribution in [1.29, 1.82) is 0 Å². The highest BCUT2D eigenvalue weighted by atomic mass is 16.5. The number of hydrogen-bond donors (Lipinski definition) is 1. The SMILES string of the molecule is COc1cc2nn([C@@H]3CCC4(C[C@@H]3C)CN(C(C)=O)C4)cc2cc1C(=O)Nc1cnc2cccnn12. The lowest BCUT2D eigenvalue weighted by atomic mass is 9.64. The Balaban J connectivity index is 1.24. The Morgan fingerprint density at radius 1 is 1.25 bits per heavy atom. The van der Waals surface area contributed by atoms with Crippen molar-refractivity contribution in [3.8, 4) is 5.75 Å². The molecule has 1 saturated carbocycles. The summed E-state index contributed by atoms with van der Waals surface area (Å²) in [6.07, 6.45) is 8.45. The fourth-order valence-corrected chi connectivity index (χ4v) is 6.01. The molecule has 6 rings (SSSR count). The van der Waals surface area contributed by atoms with Gasteiger partial charge in [-0.25, -0.2) is 4.98 Å². The van der Waals surface area contributed by atoms with Crippen LogP contribution in [0.2, 0.25) is 0 Å². The molecular weight excluding hydrogens is 458 g/mol. The van der Waals surface area contributed by atoms with Gasteiger partial charge in [0.2, 0.25) is 5.91 Å². The fraction of sp³-hybridized carbons (Fsp3) is 0.423. The third kappa shape index (κ3) is 3.68. The molecule has 1 N–H and O–H groups in total. The maximum atomic E-state index is 13.2. The Hall–Kier alpha value is -3.95. The minimum absolute atomic E-state index is 0.167. The van der Waals surface area contributed by atoms with Gasteiger partial charge >= 0.3 is 0 Å². The van der Waals surface area contributed by atoms with Crippen LogP contribution < -0.4 is 10.1 Å². The lowest BCUT2D eigenvalue weighted by molar-refractivity contribution is -0.145. The number of carbonyl (C=O) groups excluding carboxylic acids is 2. The Kier molecular flexibility index (Phi) is 5.20. The Labute approximate surface area is 208 Å². The van der Waals surface area contributed by atoms with E-state index in [0.29, 0.717) is 28.7 Å². The Bertz CT molecular complexity index is 1480. The van der Waals surface area contributed by atoms with Gasteiger partial charge in [0.05, 0.1) is 30.4 Å². The number of nitrogens with zero attached hydrogens (tertiary/aromatic N) is 6. The molecule has 1 aliphatic carbocycles. The van der Waals surface area contributed by atoms with Gasteiger partial charge in [0.15, 0.2) is 11.5 Å². The van der Waals surface area contributed by atoms with E-state index in [0.717, 1.165) is 43.3 Å². The van der Waals surface area contributed by atoms with E-state index in [1.165, 1.54) is 0 Å². The minimum atomic E-state index is -0.304. The summed E-state index contributed by atoms with van der Waals surface area (Å²) in [5.74, 6) is 1.25. The quantitative estimate of drug-likeness (QED) is 0.472. The lowest BCUT2D eigenvalue weighted by Crippen LogP contribution is -2.60. The number of aromatic nitrogens is 5. The molecule has 1 aromatic carbocycles. The summed E-state index contributed by atoms with van der Waals surface area (Å²) in [7, 11) is 1.55. The van der Waals surface area contributed by atoms with E-state index in [1.807, 2.05) is 29.3 Å². The van der Waals surface area contributed by atoms with E-state index in [9.17, 15) is 9.59 Å². The van der Waals surface area contributed by atoms with Crippen LogP contribution in [-0.2, 0) is 4.79 Å². The molecule has 1 spiro atoms. The van der Waals surface area contributed by atoms with Crippen LogP contribution in [0.4, 0.5) is 5.82 Å². The third-order valence-electron chi connectivity index (χ3n) is 7.83. The molecule has 1 aliphatic heterocycles. The number of nitrogens with one attached hydrogen (secondary N) is 1. The van der Waals surface area contributed by atoms with Crippen LogP contribution >= 0.6 is 0 Å². The standard InChI is InChI=1S/C26H29N7O3/c1-16-11-26(14-31(15-26)17(2)34)7-6-21(16)32-13-18-9-19(22(36-3)10-20(18)30-32)25(35)29-24-12-27-23-5-4-8-28-33(23)24/h4-5,8-10,12-13,16,21H,6-7,11,14-15H2,1-3H3,(H,29,35)/t16-,21+/m0/s1. The molecule has 2 aliphatic rings. The summed E-state index contributed by atoms with van der Waals surface area (Å²) in [5.41, 5.74) is 2.12. The first-order valence-electron chi connectivity index (χ1n) is 12.3. The molecule has 10 heteroatoms.